The molecule has 2 aromatic rings. The molecule has 0 saturated carbocycles. The Kier molecular flexibility index (Phi) is 3.15. The molecule has 2 aromatic heterocycles. The summed E-state index contributed by atoms with van der Waals surface area (Å²) in [4.78, 5) is 8.57. The summed E-state index contributed by atoms with van der Waals surface area (Å²) in [5, 5.41) is 3.23. The Morgan fingerprint density at radius 2 is 1.81 bits per heavy atom. The zero-order valence-electron chi connectivity index (χ0n) is 9.51. The van der Waals surface area contributed by atoms with Gasteiger partial charge in [0.05, 0.1) is 0 Å². The molecule has 1 N–H and O–H groups in total. The van der Waals surface area contributed by atoms with Gasteiger partial charge in [0.25, 0.3) is 0 Å². The number of aromatic nitrogens is 2. The number of hydrogen-bond acceptors (Lipinski definition) is 3. The standard InChI is InChI=1S/C13H15N3/c1-10(2)11-6-5-9-15-13(11)16-12-7-3-4-8-14-12/h3-10H,1-2H3,(H,14,15,16). The minimum Gasteiger partial charge on any atom is -0.325 e. The van der Waals surface area contributed by atoms with Crippen LogP contribution in [-0.2, 0) is 0 Å². The Hall–Kier alpha value is -1.90. The van der Waals surface area contributed by atoms with Crippen LogP contribution in [0.25, 0.3) is 0 Å². The second-order valence-electron chi connectivity index (χ2n) is 3.94. The summed E-state index contributed by atoms with van der Waals surface area (Å²) in [7, 11) is 0. The Morgan fingerprint density at radius 1 is 1.00 bits per heavy atom. The van der Waals surface area contributed by atoms with Gasteiger partial charge in [-0.25, -0.2) is 9.97 Å². The summed E-state index contributed by atoms with van der Waals surface area (Å²) in [6.45, 7) is 4.31. The zero-order chi connectivity index (χ0) is 11.4. The van der Waals surface area contributed by atoms with Crippen molar-refractivity contribution in [3.8, 4) is 0 Å². The van der Waals surface area contributed by atoms with Crippen LogP contribution in [0.2, 0.25) is 0 Å². The Labute approximate surface area is 95.6 Å². The van der Waals surface area contributed by atoms with Crippen LogP contribution in [-0.4, -0.2) is 9.97 Å². The third kappa shape index (κ3) is 2.37. The second kappa shape index (κ2) is 4.75. The van der Waals surface area contributed by atoms with Crippen molar-refractivity contribution in [2.75, 3.05) is 5.32 Å². The predicted octanol–water partition coefficient (Wildman–Crippen LogP) is 3.34. The van der Waals surface area contributed by atoms with Crippen molar-refractivity contribution in [3.63, 3.8) is 0 Å². The van der Waals surface area contributed by atoms with Crippen LogP contribution in [0.5, 0.6) is 0 Å². The molecule has 2 heterocycles. The summed E-state index contributed by atoms with van der Waals surface area (Å²) in [6, 6.07) is 9.82. The first-order valence-electron chi connectivity index (χ1n) is 5.40. The van der Waals surface area contributed by atoms with Crippen molar-refractivity contribution < 1.29 is 0 Å². The highest BCUT2D eigenvalue weighted by Gasteiger charge is 2.07. The molecule has 0 aliphatic heterocycles. The monoisotopic (exact) mass is 213 g/mol. The first-order chi connectivity index (χ1) is 7.77. The molecule has 0 aliphatic carbocycles. The maximum absolute atomic E-state index is 4.34. The van der Waals surface area contributed by atoms with Crippen LogP contribution in [0.1, 0.15) is 25.3 Å². The van der Waals surface area contributed by atoms with Crippen molar-refractivity contribution in [1.29, 1.82) is 0 Å². The minimum absolute atomic E-state index is 0.444. The van der Waals surface area contributed by atoms with Gasteiger partial charge < -0.3 is 5.32 Å². The maximum Gasteiger partial charge on any atom is 0.134 e. The molecule has 2 rings (SSSR count). The average Bonchev–Trinajstić information content (AvgIpc) is 2.31. The van der Waals surface area contributed by atoms with E-state index in [-0.39, 0.29) is 0 Å². The summed E-state index contributed by atoms with van der Waals surface area (Å²) in [5.74, 6) is 2.15. The highest BCUT2D eigenvalue weighted by atomic mass is 15.0. The quantitative estimate of drug-likeness (QED) is 0.849. The number of pyridine rings is 2. The van der Waals surface area contributed by atoms with Crippen LogP contribution >= 0.6 is 0 Å². The van der Waals surface area contributed by atoms with E-state index >= 15 is 0 Å². The van der Waals surface area contributed by atoms with E-state index in [1.807, 2.05) is 24.3 Å². The first-order valence-corrected chi connectivity index (χ1v) is 5.40. The summed E-state index contributed by atoms with van der Waals surface area (Å²) in [5.41, 5.74) is 1.20. The SMILES string of the molecule is CC(C)c1cccnc1Nc1ccccn1. The third-order valence-electron chi connectivity index (χ3n) is 2.37. The van der Waals surface area contributed by atoms with Gasteiger partial charge in [0.2, 0.25) is 0 Å². The van der Waals surface area contributed by atoms with Crippen LogP contribution in [0, 0.1) is 0 Å². The van der Waals surface area contributed by atoms with E-state index in [9.17, 15) is 0 Å². The number of hydrogen-bond donors (Lipinski definition) is 1. The molecule has 0 aromatic carbocycles. The number of rotatable bonds is 3. The van der Waals surface area contributed by atoms with Crippen LogP contribution < -0.4 is 5.32 Å². The molecule has 0 amide bonds. The van der Waals surface area contributed by atoms with Crippen LogP contribution in [0.3, 0.4) is 0 Å². The van der Waals surface area contributed by atoms with Gasteiger partial charge in [-0.3, -0.25) is 0 Å². The second-order valence-corrected chi connectivity index (χ2v) is 3.94. The van der Waals surface area contributed by atoms with Crippen molar-refractivity contribution in [3.05, 3.63) is 48.3 Å². The molecular formula is C13H15N3. The van der Waals surface area contributed by atoms with Crippen molar-refractivity contribution in [2.45, 2.75) is 19.8 Å². The topological polar surface area (TPSA) is 37.8 Å². The molecule has 0 radical (unpaired) electrons. The fourth-order valence-electron chi connectivity index (χ4n) is 1.55. The highest BCUT2D eigenvalue weighted by molar-refractivity contribution is 5.56. The molecule has 0 atom stereocenters. The van der Waals surface area contributed by atoms with Crippen molar-refractivity contribution in [2.24, 2.45) is 0 Å². The zero-order valence-corrected chi connectivity index (χ0v) is 9.51. The lowest BCUT2D eigenvalue weighted by molar-refractivity contribution is 0.861. The fourth-order valence-corrected chi connectivity index (χ4v) is 1.55. The smallest absolute Gasteiger partial charge is 0.134 e. The summed E-state index contributed by atoms with van der Waals surface area (Å²) >= 11 is 0. The van der Waals surface area contributed by atoms with Gasteiger partial charge in [0.1, 0.15) is 11.6 Å². The number of anilines is 2. The Bertz CT molecular complexity index is 452. The molecule has 3 nitrogen and oxygen atoms in total. The lowest BCUT2D eigenvalue weighted by Gasteiger charge is -2.12. The van der Waals surface area contributed by atoms with E-state index in [2.05, 4.69) is 35.2 Å². The van der Waals surface area contributed by atoms with Gasteiger partial charge in [-0.15, -0.1) is 0 Å². The van der Waals surface area contributed by atoms with E-state index in [1.165, 1.54) is 5.56 Å². The third-order valence-corrected chi connectivity index (χ3v) is 2.37. The van der Waals surface area contributed by atoms with E-state index in [0.717, 1.165) is 11.6 Å². The molecule has 3 heteroatoms. The molecular weight excluding hydrogens is 198 g/mol. The van der Waals surface area contributed by atoms with Gasteiger partial charge in [-0.1, -0.05) is 26.0 Å². The van der Waals surface area contributed by atoms with Crippen LogP contribution in [0.4, 0.5) is 11.6 Å². The van der Waals surface area contributed by atoms with E-state index in [0.29, 0.717) is 5.92 Å². The molecule has 82 valence electrons. The van der Waals surface area contributed by atoms with E-state index < -0.39 is 0 Å². The molecule has 0 saturated heterocycles. The molecule has 16 heavy (non-hydrogen) atoms. The normalized spacial score (nSPS) is 10.4. The van der Waals surface area contributed by atoms with Crippen LogP contribution in [0.15, 0.2) is 42.7 Å². The van der Waals surface area contributed by atoms with Gasteiger partial charge in [-0.05, 0) is 29.7 Å². The first kappa shape index (κ1) is 10.6. The van der Waals surface area contributed by atoms with Gasteiger partial charge >= 0.3 is 0 Å². The van der Waals surface area contributed by atoms with E-state index in [4.69, 9.17) is 0 Å². The average molecular weight is 213 g/mol. The lowest BCUT2D eigenvalue weighted by Crippen LogP contribution is -2.01. The lowest BCUT2D eigenvalue weighted by atomic mass is 10.0. The van der Waals surface area contributed by atoms with Crippen molar-refractivity contribution >= 4 is 11.6 Å². The predicted molar refractivity (Wildman–Crippen MR) is 65.8 cm³/mol. The molecule has 0 bridgehead atoms. The number of nitrogens with one attached hydrogen (secondary N) is 1. The summed E-state index contributed by atoms with van der Waals surface area (Å²) in [6.07, 6.45) is 3.55. The van der Waals surface area contributed by atoms with Gasteiger partial charge in [0, 0.05) is 12.4 Å². The molecule has 0 spiro atoms. The fraction of sp³-hybridized carbons (Fsp3) is 0.231. The summed E-state index contributed by atoms with van der Waals surface area (Å²) < 4.78 is 0. The van der Waals surface area contributed by atoms with Gasteiger partial charge in [-0.2, -0.15) is 0 Å². The Balaban J connectivity index is 2.28. The molecule has 0 aliphatic rings. The van der Waals surface area contributed by atoms with Gasteiger partial charge in [0.15, 0.2) is 0 Å². The maximum atomic E-state index is 4.34. The largest absolute Gasteiger partial charge is 0.325 e. The minimum atomic E-state index is 0.444. The van der Waals surface area contributed by atoms with Crippen molar-refractivity contribution in [1.82, 2.24) is 9.97 Å². The number of nitrogens with zero attached hydrogens (tertiary/aromatic N) is 2. The molecule has 0 fully saturated rings. The molecule has 0 unspecified atom stereocenters. The van der Waals surface area contributed by atoms with E-state index in [1.54, 1.807) is 12.4 Å². The highest BCUT2D eigenvalue weighted by Crippen LogP contribution is 2.23. The Morgan fingerprint density at radius 3 is 2.50 bits per heavy atom.